The Morgan fingerprint density at radius 3 is 2.67 bits per heavy atom. The Labute approximate surface area is 218 Å². The highest BCUT2D eigenvalue weighted by Crippen LogP contribution is 2.42. The third-order valence-corrected chi connectivity index (χ3v) is 7.75. The minimum atomic E-state index is -0.396. The number of hydrogen-bond donors (Lipinski definition) is 1. The molecule has 3 heterocycles. The highest BCUT2D eigenvalue weighted by atomic mass is 35.5. The summed E-state index contributed by atoms with van der Waals surface area (Å²) < 4.78 is 11.5. The van der Waals surface area contributed by atoms with E-state index in [2.05, 4.69) is 27.4 Å². The van der Waals surface area contributed by atoms with Gasteiger partial charge in [-0.05, 0) is 37.5 Å². The number of nitrogens with zero attached hydrogens (tertiary/aromatic N) is 3. The van der Waals surface area contributed by atoms with Gasteiger partial charge >= 0.3 is 0 Å². The number of nitrogens with one attached hydrogen (secondary N) is 1. The zero-order valence-corrected chi connectivity index (χ0v) is 21.7. The van der Waals surface area contributed by atoms with Crippen LogP contribution in [0.4, 0.5) is 5.13 Å². The SMILES string of the molecule is COc1cnc(Cl)cc1-c1cc(C)ncc1C(=O)Nc1nc2c(s1)C[C@@](OC)(c1ccccc1)CC2. The van der Waals surface area contributed by atoms with E-state index in [9.17, 15) is 4.79 Å². The monoisotopic (exact) mass is 520 g/mol. The summed E-state index contributed by atoms with van der Waals surface area (Å²) in [5.74, 6) is 0.209. The quantitative estimate of drug-likeness (QED) is 0.321. The first-order valence-corrected chi connectivity index (χ1v) is 12.7. The van der Waals surface area contributed by atoms with Crippen LogP contribution < -0.4 is 10.1 Å². The average Bonchev–Trinajstić information content (AvgIpc) is 3.30. The van der Waals surface area contributed by atoms with Gasteiger partial charge in [-0.15, -0.1) is 11.3 Å². The van der Waals surface area contributed by atoms with Gasteiger partial charge in [-0.3, -0.25) is 15.1 Å². The van der Waals surface area contributed by atoms with E-state index in [4.69, 9.17) is 26.1 Å². The summed E-state index contributed by atoms with van der Waals surface area (Å²) in [6.07, 6.45) is 5.41. The summed E-state index contributed by atoms with van der Waals surface area (Å²) in [5, 5.41) is 3.84. The first-order valence-electron chi connectivity index (χ1n) is 11.5. The number of carbonyl (C=O) groups is 1. The summed E-state index contributed by atoms with van der Waals surface area (Å²) in [6, 6.07) is 13.8. The van der Waals surface area contributed by atoms with Gasteiger partial charge in [-0.2, -0.15) is 0 Å². The predicted octanol–water partition coefficient (Wildman–Crippen LogP) is 5.85. The van der Waals surface area contributed by atoms with Gasteiger partial charge in [0.2, 0.25) is 0 Å². The van der Waals surface area contributed by atoms with Crippen molar-refractivity contribution in [2.45, 2.75) is 31.8 Å². The fourth-order valence-corrected chi connectivity index (χ4v) is 5.90. The molecule has 0 bridgehead atoms. The van der Waals surface area contributed by atoms with Crippen LogP contribution >= 0.6 is 22.9 Å². The number of aryl methyl sites for hydroxylation is 2. The number of carbonyl (C=O) groups excluding carboxylic acids is 1. The molecule has 0 radical (unpaired) electrons. The fourth-order valence-electron chi connectivity index (χ4n) is 4.64. The molecule has 184 valence electrons. The van der Waals surface area contributed by atoms with Crippen LogP contribution in [-0.4, -0.2) is 35.1 Å². The number of aromatic nitrogens is 3. The average molecular weight is 521 g/mol. The number of thiazole rings is 1. The van der Waals surface area contributed by atoms with Gasteiger partial charge in [0.25, 0.3) is 5.91 Å². The lowest BCUT2D eigenvalue weighted by atomic mass is 9.81. The molecule has 36 heavy (non-hydrogen) atoms. The van der Waals surface area contributed by atoms with E-state index in [0.29, 0.717) is 39.1 Å². The summed E-state index contributed by atoms with van der Waals surface area (Å²) in [4.78, 5) is 27.7. The second-order valence-electron chi connectivity index (χ2n) is 8.66. The fraction of sp³-hybridized carbons (Fsp3) is 0.259. The van der Waals surface area contributed by atoms with E-state index in [1.807, 2.05) is 31.2 Å². The van der Waals surface area contributed by atoms with Gasteiger partial charge in [0.1, 0.15) is 10.9 Å². The molecule has 1 aliphatic rings. The number of hydrogen-bond acceptors (Lipinski definition) is 7. The summed E-state index contributed by atoms with van der Waals surface area (Å²) in [5.41, 5.74) is 4.24. The van der Waals surface area contributed by atoms with Gasteiger partial charge in [0.05, 0.1) is 30.2 Å². The topological polar surface area (TPSA) is 86.2 Å². The molecule has 0 unspecified atom stereocenters. The number of halogens is 1. The summed E-state index contributed by atoms with van der Waals surface area (Å²) in [7, 11) is 3.31. The van der Waals surface area contributed by atoms with Crippen molar-refractivity contribution in [3.05, 3.63) is 87.4 Å². The number of ether oxygens (including phenoxy) is 2. The molecule has 1 atom stereocenters. The van der Waals surface area contributed by atoms with Crippen molar-refractivity contribution < 1.29 is 14.3 Å². The van der Waals surface area contributed by atoms with E-state index in [1.165, 1.54) is 11.3 Å². The first-order chi connectivity index (χ1) is 17.4. The van der Waals surface area contributed by atoms with E-state index in [1.54, 1.807) is 32.7 Å². The van der Waals surface area contributed by atoms with E-state index >= 15 is 0 Å². The van der Waals surface area contributed by atoms with Crippen molar-refractivity contribution >= 4 is 34.0 Å². The van der Waals surface area contributed by atoms with Crippen LogP contribution in [0.1, 0.15) is 38.6 Å². The Bertz CT molecular complexity index is 1430. The molecular formula is C27H25ClN4O3S. The molecule has 0 spiro atoms. The zero-order valence-electron chi connectivity index (χ0n) is 20.2. The molecule has 9 heteroatoms. The van der Waals surface area contributed by atoms with Crippen LogP contribution in [0.2, 0.25) is 5.15 Å². The predicted molar refractivity (Wildman–Crippen MR) is 141 cm³/mol. The first kappa shape index (κ1) is 24.4. The smallest absolute Gasteiger partial charge is 0.259 e. The maximum absolute atomic E-state index is 13.4. The molecular weight excluding hydrogens is 496 g/mol. The maximum Gasteiger partial charge on any atom is 0.259 e. The van der Waals surface area contributed by atoms with Crippen molar-refractivity contribution in [2.24, 2.45) is 0 Å². The minimum Gasteiger partial charge on any atom is -0.494 e. The van der Waals surface area contributed by atoms with Crippen molar-refractivity contribution in [3.63, 3.8) is 0 Å². The Morgan fingerprint density at radius 2 is 1.92 bits per heavy atom. The zero-order chi connectivity index (χ0) is 25.3. The second kappa shape index (κ2) is 9.97. The Balaban J connectivity index is 1.44. The molecule has 1 aliphatic carbocycles. The second-order valence-corrected chi connectivity index (χ2v) is 10.1. The molecule has 0 aliphatic heterocycles. The number of anilines is 1. The van der Waals surface area contributed by atoms with Crippen molar-refractivity contribution in [2.75, 3.05) is 19.5 Å². The van der Waals surface area contributed by atoms with Crippen LogP contribution in [0.5, 0.6) is 5.75 Å². The number of benzene rings is 1. The number of methoxy groups -OCH3 is 2. The van der Waals surface area contributed by atoms with Gasteiger partial charge < -0.3 is 9.47 Å². The van der Waals surface area contributed by atoms with Gasteiger partial charge in [0.15, 0.2) is 5.13 Å². The summed E-state index contributed by atoms with van der Waals surface area (Å²) in [6.45, 7) is 1.87. The molecule has 1 amide bonds. The third kappa shape index (κ3) is 4.59. The largest absolute Gasteiger partial charge is 0.494 e. The molecule has 0 fully saturated rings. The molecule has 1 N–H and O–H groups in total. The van der Waals surface area contributed by atoms with Gasteiger partial charge in [-0.25, -0.2) is 9.97 Å². The minimum absolute atomic E-state index is 0.305. The normalized spacial score (nSPS) is 16.9. The van der Waals surface area contributed by atoms with Gasteiger partial charge in [0, 0.05) is 41.4 Å². The molecule has 0 saturated heterocycles. The van der Waals surface area contributed by atoms with Gasteiger partial charge in [-0.1, -0.05) is 41.9 Å². The number of amides is 1. The van der Waals surface area contributed by atoms with Crippen molar-refractivity contribution in [3.8, 4) is 16.9 Å². The Hall–Kier alpha value is -3.33. The highest BCUT2D eigenvalue weighted by molar-refractivity contribution is 7.15. The maximum atomic E-state index is 13.4. The van der Waals surface area contributed by atoms with Crippen LogP contribution in [0, 0.1) is 6.92 Å². The number of pyridine rings is 2. The summed E-state index contributed by atoms with van der Waals surface area (Å²) >= 11 is 7.65. The highest BCUT2D eigenvalue weighted by Gasteiger charge is 2.38. The van der Waals surface area contributed by atoms with E-state index in [-0.39, 0.29) is 5.91 Å². The lowest BCUT2D eigenvalue weighted by Crippen LogP contribution is -2.34. The Morgan fingerprint density at radius 1 is 1.11 bits per heavy atom. The lowest BCUT2D eigenvalue weighted by molar-refractivity contribution is -0.0259. The third-order valence-electron chi connectivity index (χ3n) is 6.53. The van der Waals surface area contributed by atoms with E-state index in [0.717, 1.165) is 34.7 Å². The molecule has 4 aromatic rings. The van der Waals surface area contributed by atoms with Crippen LogP contribution in [0.3, 0.4) is 0 Å². The molecule has 5 rings (SSSR count). The van der Waals surface area contributed by atoms with Crippen LogP contribution in [0.25, 0.3) is 11.1 Å². The Kier molecular flexibility index (Phi) is 6.75. The van der Waals surface area contributed by atoms with Crippen molar-refractivity contribution in [1.29, 1.82) is 0 Å². The number of rotatable bonds is 6. The molecule has 3 aromatic heterocycles. The van der Waals surface area contributed by atoms with E-state index < -0.39 is 5.60 Å². The van der Waals surface area contributed by atoms with Crippen molar-refractivity contribution in [1.82, 2.24) is 15.0 Å². The molecule has 0 saturated carbocycles. The van der Waals surface area contributed by atoms with Crippen LogP contribution in [0.15, 0.2) is 54.9 Å². The molecule has 1 aromatic carbocycles. The lowest BCUT2D eigenvalue weighted by Gasteiger charge is -2.35. The molecule has 7 nitrogen and oxygen atoms in total. The van der Waals surface area contributed by atoms with Crippen LogP contribution in [-0.2, 0) is 23.2 Å². The standard InChI is InChI=1S/C27H25ClN4O3S/c1-16-11-18(19-12-24(28)30-15-22(19)34-2)20(14-29-16)25(33)32-26-31-21-9-10-27(35-3,13-23(21)36-26)17-7-5-4-6-8-17/h4-8,11-12,14-15H,9-10,13H2,1-3H3,(H,31,32,33)/t27-/m1/s1. The number of fused-ring (bicyclic) bond motifs is 1.